The molecule has 1 aliphatic rings. The fourth-order valence-electron chi connectivity index (χ4n) is 1.97. The summed E-state index contributed by atoms with van der Waals surface area (Å²) in [7, 11) is 0. The molecule has 0 unspecified atom stereocenters. The number of hydrogen-bond acceptors (Lipinski definition) is 4. The number of nitrogens with one attached hydrogen (secondary N) is 1. The highest BCUT2D eigenvalue weighted by Gasteiger charge is 2.44. The van der Waals surface area contributed by atoms with Crippen LogP contribution in [0, 0.1) is 18.3 Å². The standard InChI is InChI=1S/C12H11N3OS/c1-8-10(12(5-13)6-16-7-12)17-11(15-8)9-3-2-4-14-9/h2-4,14H,6-7H2,1H3. The largest absolute Gasteiger partial charge is 0.377 e. The molecule has 0 bridgehead atoms. The van der Waals surface area contributed by atoms with Gasteiger partial charge in [-0.05, 0) is 19.1 Å². The second kappa shape index (κ2) is 3.69. The zero-order valence-electron chi connectivity index (χ0n) is 9.36. The van der Waals surface area contributed by atoms with Gasteiger partial charge in [-0.25, -0.2) is 4.98 Å². The van der Waals surface area contributed by atoms with Crippen molar-refractivity contribution in [3.05, 3.63) is 28.9 Å². The lowest BCUT2D eigenvalue weighted by atomic mass is 9.85. The number of aromatic nitrogens is 2. The molecule has 2 aromatic heterocycles. The molecule has 0 spiro atoms. The van der Waals surface area contributed by atoms with Gasteiger partial charge in [0, 0.05) is 6.20 Å². The second-order valence-corrected chi connectivity index (χ2v) is 5.20. The smallest absolute Gasteiger partial charge is 0.140 e. The van der Waals surface area contributed by atoms with E-state index in [2.05, 4.69) is 16.0 Å². The monoisotopic (exact) mass is 245 g/mol. The number of aryl methyl sites for hydroxylation is 1. The van der Waals surface area contributed by atoms with Gasteiger partial charge in [-0.15, -0.1) is 11.3 Å². The van der Waals surface area contributed by atoms with Crippen LogP contribution >= 0.6 is 11.3 Å². The molecule has 1 N–H and O–H groups in total. The summed E-state index contributed by atoms with van der Waals surface area (Å²) in [5.74, 6) is 0. The van der Waals surface area contributed by atoms with Gasteiger partial charge in [-0.3, -0.25) is 0 Å². The molecule has 17 heavy (non-hydrogen) atoms. The number of H-pyrrole nitrogens is 1. The zero-order valence-corrected chi connectivity index (χ0v) is 10.2. The van der Waals surface area contributed by atoms with Gasteiger partial charge in [-0.1, -0.05) is 0 Å². The fourth-order valence-corrected chi connectivity index (χ4v) is 3.14. The van der Waals surface area contributed by atoms with E-state index in [1.807, 2.05) is 25.3 Å². The lowest BCUT2D eigenvalue weighted by molar-refractivity contribution is -0.0284. The third-order valence-electron chi connectivity index (χ3n) is 2.97. The summed E-state index contributed by atoms with van der Waals surface area (Å²) < 4.78 is 5.19. The number of nitriles is 1. The lowest BCUT2D eigenvalue weighted by Gasteiger charge is -2.34. The normalized spacial score (nSPS) is 17.4. The van der Waals surface area contributed by atoms with Crippen LogP contribution in [0.2, 0.25) is 0 Å². The van der Waals surface area contributed by atoms with E-state index in [-0.39, 0.29) is 0 Å². The van der Waals surface area contributed by atoms with Crippen molar-refractivity contribution in [1.82, 2.24) is 9.97 Å². The van der Waals surface area contributed by atoms with Gasteiger partial charge in [0.05, 0.1) is 35.5 Å². The van der Waals surface area contributed by atoms with Crippen molar-refractivity contribution in [3.63, 3.8) is 0 Å². The third-order valence-corrected chi connectivity index (χ3v) is 4.37. The van der Waals surface area contributed by atoms with Gasteiger partial charge in [0.1, 0.15) is 10.4 Å². The topological polar surface area (TPSA) is 61.7 Å². The van der Waals surface area contributed by atoms with Gasteiger partial charge in [0.15, 0.2) is 0 Å². The van der Waals surface area contributed by atoms with Gasteiger partial charge in [-0.2, -0.15) is 5.26 Å². The first-order chi connectivity index (χ1) is 8.25. The molecule has 0 amide bonds. The molecule has 0 atom stereocenters. The number of aromatic amines is 1. The Bertz CT molecular complexity index is 575. The predicted molar refractivity (Wildman–Crippen MR) is 64.7 cm³/mol. The third kappa shape index (κ3) is 1.49. The first kappa shape index (κ1) is 10.5. The van der Waals surface area contributed by atoms with Crippen molar-refractivity contribution in [3.8, 4) is 16.8 Å². The molecule has 1 aliphatic heterocycles. The average Bonchev–Trinajstić information content (AvgIpc) is 2.87. The van der Waals surface area contributed by atoms with Crippen LogP contribution in [0.15, 0.2) is 18.3 Å². The molecule has 0 radical (unpaired) electrons. The summed E-state index contributed by atoms with van der Waals surface area (Å²) in [6.07, 6.45) is 1.87. The molecule has 1 fully saturated rings. The number of hydrogen-bond donors (Lipinski definition) is 1. The number of ether oxygens (including phenoxy) is 1. The minimum absolute atomic E-state index is 0.466. The number of nitrogens with zero attached hydrogens (tertiary/aromatic N) is 2. The van der Waals surface area contributed by atoms with Crippen LogP contribution in [0.25, 0.3) is 10.7 Å². The molecular formula is C12H11N3OS. The molecule has 0 aromatic carbocycles. The first-order valence-electron chi connectivity index (χ1n) is 5.36. The van der Waals surface area contributed by atoms with E-state index in [0.717, 1.165) is 21.3 Å². The van der Waals surface area contributed by atoms with Crippen LogP contribution < -0.4 is 0 Å². The van der Waals surface area contributed by atoms with Gasteiger partial charge >= 0.3 is 0 Å². The van der Waals surface area contributed by atoms with E-state index in [9.17, 15) is 5.26 Å². The maximum atomic E-state index is 9.30. The van der Waals surface area contributed by atoms with Crippen LogP contribution in [-0.4, -0.2) is 23.2 Å². The van der Waals surface area contributed by atoms with Crippen LogP contribution in [-0.2, 0) is 10.2 Å². The second-order valence-electron chi connectivity index (χ2n) is 4.20. The van der Waals surface area contributed by atoms with Crippen molar-refractivity contribution in [2.45, 2.75) is 12.3 Å². The predicted octanol–water partition coefficient (Wildman–Crippen LogP) is 2.24. The molecule has 5 heteroatoms. The Labute approximate surface area is 103 Å². The Morgan fingerprint density at radius 3 is 2.94 bits per heavy atom. The van der Waals surface area contributed by atoms with Crippen molar-refractivity contribution in [1.29, 1.82) is 5.26 Å². The highest BCUT2D eigenvalue weighted by Crippen LogP contribution is 2.39. The molecular weight excluding hydrogens is 234 g/mol. The zero-order chi connectivity index (χ0) is 11.9. The number of thiazole rings is 1. The Morgan fingerprint density at radius 2 is 2.41 bits per heavy atom. The van der Waals surface area contributed by atoms with E-state index in [0.29, 0.717) is 13.2 Å². The molecule has 1 saturated heterocycles. The summed E-state index contributed by atoms with van der Waals surface area (Å²) in [6, 6.07) is 6.29. The molecule has 0 saturated carbocycles. The molecule has 4 nitrogen and oxygen atoms in total. The highest BCUT2D eigenvalue weighted by atomic mass is 32.1. The molecule has 3 heterocycles. The SMILES string of the molecule is Cc1nc(-c2ccc[nH]2)sc1C1(C#N)COC1. The van der Waals surface area contributed by atoms with E-state index in [1.165, 1.54) is 0 Å². The quantitative estimate of drug-likeness (QED) is 0.882. The van der Waals surface area contributed by atoms with E-state index in [1.54, 1.807) is 11.3 Å². The average molecular weight is 245 g/mol. The van der Waals surface area contributed by atoms with E-state index < -0.39 is 5.41 Å². The maximum absolute atomic E-state index is 9.30. The summed E-state index contributed by atoms with van der Waals surface area (Å²) in [5.41, 5.74) is 1.47. The maximum Gasteiger partial charge on any atom is 0.140 e. The minimum atomic E-state index is -0.466. The first-order valence-corrected chi connectivity index (χ1v) is 6.17. The van der Waals surface area contributed by atoms with Crippen LogP contribution in [0.3, 0.4) is 0 Å². The Balaban J connectivity index is 2.05. The van der Waals surface area contributed by atoms with E-state index in [4.69, 9.17) is 4.74 Å². The molecule has 86 valence electrons. The summed E-state index contributed by atoms with van der Waals surface area (Å²) >= 11 is 1.58. The molecule has 0 aliphatic carbocycles. The van der Waals surface area contributed by atoms with Crippen molar-refractivity contribution < 1.29 is 4.74 Å². The lowest BCUT2D eigenvalue weighted by Crippen LogP contribution is -2.45. The van der Waals surface area contributed by atoms with Crippen molar-refractivity contribution in [2.24, 2.45) is 0 Å². The van der Waals surface area contributed by atoms with Crippen molar-refractivity contribution >= 4 is 11.3 Å². The molecule has 3 rings (SSSR count). The minimum Gasteiger partial charge on any atom is -0.377 e. The van der Waals surface area contributed by atoms with E-state index >= 15 is 0 Å². The summed E-state index contributed by atoms with van der Waals surface area (Å²) in [6.45, 7) is 2.92. The van der Waals surface area contributed by atoms with Crippen LogP contribution in [0.1, 0.15) is 10.6 Å². The highest BCUT2D eigenvalue weighted by molar-refractivity contribution is 7.15. The summed E-state index contributed by atoms with van der Waals surface area (Å²) in [5, 5.41) is 10.2. The fraction of sp³-hybridized carbons (Fsp3) is 0.333. The summed E-state index contributed by atoms with van der Waals surface area (Å²) in [4.78, 5) is 8.70. The Morgan fingerprint density at radius 1 is 1.59 bits per heavy atom. The Kier molecular flexibility index (Phi) is 2.28. The Hall–Kier alpha value is -1.64. The van der Waals surface area contributed by atoms with Crippen LogP contribution in [0.4, 0.5) is 0 Å². The number of rotatable bonds is 2. The van der Waals surface area contributed by atoms with Gasteiger partial charge in [0.2, 0.25) is 0 Å². The van der Waals surface area contributed by atoms with Crippen LogP contribution in [0.5, 0.6) is 0 Å². The van der Waals surface area contributed by atoms with Gasteiger partial charge in [0.25, 0.3) is 0 Å². The van der Waals surface area contributed by atoms with Gasteiger partial charge < -0.3 is 9.72 Å². The van der Waals surface area contributed by atoms with Crippen molar-refractivity contribution in [2.75, 3.05) is 13.2 Å². The molecule has 2 aromatic rings.